The molecule has 1 aromatic rings. The summed E-state index contributed by atoms with van der Waals surface area (Å²) in [6, 6.07) is 1.71. The van der Waals surface area contributed by atoms with Crippen LogP contribution in [-0.2, 0) is 16.6 Å². The van der Waals surface area contributed by atoms with Crippen molar-refractivity contribution < 1.29 is 8.42 Å². The van der Waals surface area contributed by atoms with Gasteiger partial charge in [0.05, 0.1) is 12.6 Å². The lowest BCUT2D eigenvalue weighted by Gasteiger charge is -2.16. The average Bonchev–Trinajstić information content (AvgIpc) is 2.68. The van der Waals surface area contributed by atoms with Crippen molar-refractivity contribution in [2.24, 2.45) is 0 Å². The Bertz CT molecular complexity index is 445. The molecule has 0 radical (unpaired) electrons. The van der Waals surface area contributed by atoms with Crippen LogP contribution >= 0.6 is 0 Å². The van der Waals surface area contributed by atoms with Gasteiger partial charge in [-0.25, -0.2) is 13.4 Å². The number of nitrogens with zero attached hydrogens (tertiary/aromatic N) is 3. The molecule has 82 valence electrons. The summed E-state index contributed by atoms with van der Waals surface area (Å²) in [5.74, 6) is 0.547. The molecule has 0 aromatic carbocycles. The van der Waals surface area contributed by atoms with Crippen LogP contribution in [0.1, 0.15) is 12.7 Å². The third kappa shape index (κ3) is 2.55. The van der Waals surface area contributed by atoms with Gasteiger partial charge in [-0.2, -0.15) is 9.57 Å². The molecule has 0 aliphatic heterocycles. The van der Waals surface area contributed by atoms with E-state index >= 15 is 0 Å². The summed E-state index contributed by atoms with van der Waals surface area (Å²) >= 11 is 0. The van der Waals surface area contributed by atoms with Crippen molar-refractivity contribution in [2.45, 2.75) is 18.7 Å². The SMILES string of the molecule is CC(C#N)S(=O)(=O)N(C)Cc1ncc[nH]1. The smallest absolute Gasteiger partial charge is 0.230 e. The van der Waals surface area contributed by atoms with Crippen LogP contribution in [0.4, 0.5) is 0 Å². The fraction of sp³-hybridized carbons (Fsp3) is 0.500. The van der Waals surface area contributed by atoms with E-state index in [0.29, 0.717) is 5.82 Å². The molecule has 0 saturated carbocycles. The molecule has 6 nitrogen and oxygen atoms in total. The molecule has 1 rings (SSSR count). The lowest BCUT2D eigenvalue weighted by molar-refractivity contribution is 0.455. The second kappa shape index (κ2) is 4.42. The number of H-pyrrole nitrogens is 1. The summed E-state index contributed by atoms with van der Waals surface area (Å²) in [5.41, 5.74) is 0. The van der Waals surface area contributed by atoms with Crippen molar-refractivity contribution in [1.82, 2.24) is 14.3 Å². The zero-order valence-electron chi connectivity index (χ0n) is 8.51. The first-order valence-corrected chi connectivity index (χ1v) is 5.82. The van der Waals surface area contributed by atoms with E-state index in [-0.39, 0.29) is 6.54 Å². The molecule has 1 heterocycles. The van der Waals surface area contributed by atoms with Crippen LogP contribution in [0.15, 0.2) is 12.4 Å². The maximum atomic E-state index is 11.6. The first kappa shape index (κ1) is 11.7. The number of imidazole rings is 1. The summed E-state index contributed by atoms with van der Waals surface area (Å²) < 4.78 is 24.4. The maximum absolute atomic E-state index is 11.6. The van der Waals surface area contributed by atoms with E-state index in [9.17, 15) is 8.42 Å². The zero-order chi connectivity index (χ0) is 11.5. The molecule has 1 unspecified atom stereocenters. The van der Waals surface area contributed by atoms with E-state index in [4.69, 9.17) is 5.26 Å². The monoisotopic (exact) mass is 228 g/mol. The number of nitriles is 1. The minimum atomic E-state index is -3.55. The Labute approximate surface area is 88.6 Å². The highest BCUT2D eigenvalue weighted by Gasteiger charge is 2.26. The summed E-state index contributed by atoms with van der Waals surface area (Å²) in [5, 5.41) is 7.52. The van der Waals surface area contributed by atoms with Gasteiger partial charge in [-0.05, 0) is 6.92 Å². The number of aromatic amines is 1. The van der Waals surface area contributed by atoms with E-state index in [1.807, 2.05) is 0 Å². The van der Waals surface area contributed by atoms with E-state index < -0.39 is 15.3 Å². The van der Waals surface area contributed by atoms with Crippen LogP contribution in [0.5, 0.6) is 0 Å². The van der Waals surface area contributed by atoms with Crippen LogP contribution in [0.3, 0.4) is 0 Å². The number of nitrogens with one attached hydrogen (secondary N) is 1. The second-order valence-corrected chi connectivity index (χ2v) is 5.47. The Kier molecular flexibility index (Phi) is 3.44. The van der Waals surface area contributed by atoms with E-state index in [2.05, 4.69) is 9.97 Å². The molecular weight excluding hydrogens is 216 g/mol. The van der Waals surface area contributed by atoms with Gasteiger partial charge < -0.3 is 4.98 Å². The number of rotatable bonds is 4. The standard InChI is InChI=1S/C8H12N4O2S/c1-7(5-9)15(13,14)12(2)6-8-10-3-4-11-8/h3-4,7H,6H2,1-2H3,(H,10,11). The van der Waals surface area contributed by atoms with Crippen LogP contribution in [-0.4, -0.2) is 35.0 Å². The quantitative estimate of drug-likeness (QED) is 0.790. The van der Waals surface area contributed by atoms with Crippen LogP contribution in [0, 0.1) is 11.3 Å². The van der Waals surface area contributed by atoms with Crippen molar-refractivity contribution in [1.29, 1.82) is 5.26 Å². The molecule has 0 spiro atoms. The topological polar surface area (TPSA) is 89.8 Å². The number of aromatic nitrogens is 2. The molecule has 0 saturated heterocycles. The van der Waals surface area contributed by atoms with Crippen LogP contribution < -0.4 is 0 Å². The Hall–Kier alpha value is -1.39. The fourth-order valence-electron chi connectivity index (χ4n) is 1.02. The van der Waals surface area contributed by atoms with Gasteiger partial charge in [0.15, 0.2) is 5.25 Å². The lowest BCUT2D eigenvalue weighted by atomic mass is 10.5. The predicted octanol–water partition coefficient (Wildman–Crippen LogP) is 0.0834. The number of hydrogen-bond acceptors (Lipinski definition) is 4. The zero-order valence-corrected chi connectivity index (χ0v) is 9.32. The normalized spacial score (nSPS) is 13.7. The molecule has 7 heteroatoms. The lowest BCUT2D eigenvalue weighted by Crippen LogP contribution is -2.33. The van der Waals surface area contributed by atoms with Crippen molar-refractivity contribution in [2.75, 3.05) is 7.05 Å². The molecule has 1 atom stereocenters. The minimum Gasteiger partial charge on any atom is -0.347 e. The van der Waals surface area contributed by atoms with E-state index in [1.54, 1.807) is 18.5 Å². The molecule has 0 bridgehead atoms. The molecular formula is C8H12N4O2S. The van der Waals surface area contributed by atoms with Crippen molar-refractivity contribution in [3.63, 3.8) is 0 Å². The Morgan fingerprint density at radius 2 is 2.40 bits per heavy atom. The minimum absolute atomic E-state index is 0.140. The van der Waals surface area contributed by atoms with Gasteiger partial charge in [-0.1, -0.05) is 0 Å². The van der Waals surface area contributed by atoms with Crippen molar-refractivity contribution in [3.8, 4) is 6.07 Å². The predicted molar refractivity (Wildman–Crippen MR) is 54.0 cm³/mol. The molecule has 0 amide bonds. The third-order valence-corrected chi connectivity index (χ3v) is 3.99. The first-order chi connectivity index (χ1) is 6.98. The molecule has 15 heavy (non-hydrogen) atoms. The van der Waals surface area contributed by atoms with Gasteiger partial charge in [0.1, 0.15) is 5.82 Å². The highest BCUT2D eigenvalue weighted by Crippen LogP contribution is 2.08. The van der Waals surface area contributed by atoms with Gasteiger partial charge in [-0.3, -0.25) is 0 Å². The van der Waals surface area contributed by atoms with E-state index in [1.165, 1.54) is 14.0 Å². The van der Waals surface area contributed by atoms with Crippen molar-refractivity contribution >= 4 is 10.0 Å². The largest absolute Gasteiger partial charge is 0.347 e. The maximum Gasteiger partial charge on any atom is 0.230 e. The molecule has 0 aliphatic rings. The van der Waals surface area contributed by atoms with Crippen LogP contribution in [0.25, 0.3) is 0 Å². The number of sulfonamides is 1. The Morgan fingerprint density at radius 1 is 1.73 bits per heavy atom. The average molecular weight is 228 g/mol. The van der Waals surface area contributed by atoms with Gasteiger partial charge in [0.25, 0.3) is 0 Å². The van der Waals surface area contributed by atoms with Crippen molar-refractivity contribution in [3.05, 3.63) is 18.2 Å². The summed E-state index contributed by atoms with van der Waals surface area (Å²) in [6.45, 7) is 1.50. The summed E-state index contributed by atoms with van der Waals surface area (Å²) in [6.07, 6.45) is 3.16. The van der Waals surface area contributed by atoms with Gasteiger partial charge in [0, 0.05) is 19.4 Å². The highest BCUT2D eigenvalue weighted by molar-refractivity contribution is 7.89. The molecule has 0 fully saturated rings. The Morgan fingerprint density at radius 3 is 2.87 bits per heavy atom. The van der Waals surface area contributed by atoms with Gasteiger partial charge >= 0.3 is 0 Å². The first-order valence-electron chi connectivity index (χ1n) is 4.31. The highest BCUT2D eigenvalue weighted by atomic mass is 32.2. The second-order valence-electron chi connectivity index (χ2n) is 3.11. The summed E-state index contributed by atoms with van der Waals surface area (Å²) in [7, 11) is -2.13. The molecule has 0 aliphatic carbocycles. The molecule has 1 aromatic heterocycles. The van der Waals surface area contributed by atoms with Gasteiger partial charge in [0.2, 0.25) is 10.0 Å². The fourth-order valence-corrected chi connectivity index (χ4v) is 2.00. The van der Waals surface area contributed by atoms with Crippen LogP contribution in [0.2, 0.25) is 0 Å². The summed E-state index contributed by atoms with van der Waals surface area (Å²) in [4.78, 5) is 6.71. The Balaban J connectivity index is 2.78. The number of hydrogen-bond donors (Lipinski definition) is 1. The van der Waals surface area contributed by atoms with Gasteiger partial charge in [-0.15, -0.1) is 0 Å². The molecule has 1 N–H and O–H groups in total. The van der Waals surface area contributed by atoms with E-state index in [0.717, 1.165) is 4.31 Å². The third-order valence-electron chi connectivity index (χ3n) is 1.99.